The maximum atomic E-state index is 14.4. The first kappa shape index (κ1) is 20.2. The van der Waals surface area contributed by atoms with Crippen molar-refractivity contribution in [1.29, 1.82) is 0 Å². The first-order valence-electron chi connectivity index (χ1n) is 10.4. The summed E-state index contributed by atoms with van der Waals surface area (Å²) in [6.07, 6.45) is 10.9. The van der Waals surface area contributed by atoms with Gasteiger partial charge in [0.15, 0.2) is 11.5 Å². The first-order valence-corrected chi connectivity index (χ1v) is 10.4. The Morgan fingerprint density at radius 3 is 1.74 bits per heavy atom. The Bertz CT molecular complexity index is 615. The Labute approximate surface area is 161 Å². The Morgan fingerprint density at radius 1 is 0.852 bits per heavy atom. The summed E-state index contributed by atoms with van der Waals surface area (Å²) in [6, 6.07) is 2.99. The number of halogens is 2. The third-order valence-electron chi connectivity index (χ3n) is 6.32. The molecule has 2 aliphatic rings. The Balaban J connectivity index is 1.49. The fourth-order valence-electron chi connectivity index (χ4n) is 4.24. The smallest absolute Gasteiger partial charge is 0.204 e. The zero-order chi connectivity index (χ0) is 19.2. The van der Waals surface area contributed by atoms with Crippen LogP contribution in [-0.4, -0.2) is 13.2 Å². The van der Waals surface area contributed by atoms with E-state index in [4.69, 9.17) is 9.47 Å². The van der Waals surface area contributed by atoms with Crippen LogP contribution in [0.25, 0.3) is 0 Å². The van der Waals surface area contributed by atoms with Crippen LogP contribution in [-0.2, 0) is 0 Å². The number of hydrogen-bond acceptors (Lipinski definition) is 2. The highest BCUT2D eigenvalue weighted by atomic mass is 19.2. The predicted molar refractivity (Wildman–Crippen MR) is 104 cm³/mol. The van der Waals surface area contributed by atoms with Crippen molar-refractivity contribution < 1.29 is 18.3 Å². The normalized spacial score (nSPS) is 28.6. The van der Waals surface area contributed by atoms with Gasteiger partial charge in [0.1, 0.15) is 0 Å². The number of allylic oxidation sites excluding steroid dienone is 1. The molecule has 0 N–H and O–H groups in total. The lowest BCUT2D eigenvalue weighted by Gasteiger charge is -2.27. The van der Waals surface area contributed by atoms with Gasteiger partial charge in [0, 0.05) is 0 Å². The van der Waals surface area contributed by atoms with Crippen LogP contribution < -0.4 is 9.47 Å². The summed E-state index contributed by atoms with van der Waals surface area (Å²) < 4.78 is 39.9. The zero-order valence-corrected chi connectivity index (χ0v) is 16.4. The van der Waals surface area contributed by atoms with E-state index < -0.39 is 11.6 Å². The third-order valence-corrected chi connectivity index (χ3v) is 6.32. The fourth-order valence-corrected chi connectivity index (χ4v) is 4.24. The van der Waals surface area contributed by atoms with E-state index in [-0.39, 0.29) is 11.5 Å². The molecule has 0 aliphatic heterocycles. The van der Waals surface area contributed by atoms with Crippen molar-refractivity contribution in [3.05, 3.63) is 36.4 Å². The topological polar surface area (TPSA) is 18.5 Å². The summed E-state index contributed by atoms with van der Waals surface area (Å²) in [5.74, 6) is 0.273. The number of rotatable bonds is 7. The second kappa shape index (κ2) is 9.57. The summed E-state index contributed by atoms with van der Waals surface area (Å²) >= 11 is 0. The molecule has 27 heavy (non-hydrogen) atoms. The molecule has 0 bridgehead atoms. The van der Waals surface area contributed by atoms with Crippen LogP contribution in [0.5, 0.6) is 11.5 Å². The quantitative estimate of drug-likeness (QED) is 0.501. The van der Waals surface area contributed by atoms with E-state index in [1.807, 2.05) is 6.08 Å². The van der Waals surface area contributed by atoms with Gasteiger partial charge in [-0.1, -0.05) is 25.8 Å². The second-order valence-corrected chi connectivity index (χ2v) is 8.45. The van der Waals surface area contributed by atoms with Crippen molar-refractivity contribution in [3.8, 4) is 11.5 Å². The van der Waals surface area contributed by atoms with Crippen molar-refractivity contribution in [3.63, 3.8) is 0 Å². The van der Waals surface area contributed by atoms with E-state index in [9.17, 15) is 8.78 Å². The van der Waals surface area contributed by atoms with E-state index in [0.29, 0.717) is 31.0 Å². The lowest BCUT2D eigenvalue weighted by molar-refractivity contribution is 0.176. The van der Waals surface area contributed by atoms with E-state index in [0.717, 1.165) is 44.4 Å². The van der Waals surface area contributed by atoms with E-state index in [2.05, 4.69) is 13.5 Å². The Kier molecular flexibility index (Phi) is 7.14. The van der Waals surface area contributed by atoms with Crippen molar-refractivity contribution in [2.24, 2.45) is 23.7 Å². The largest absolute Gasteiger partial charge is 0.490 e. The molecule has 2 nitrogen and oxygen atoms in total. The molecule has 2 saturated carbocycles. The molecule has 2 aliphatic carbocycles. The van der Waals surface area contributed by atoms with Crippen LogP contribution in [0.15, 0.2) is 24.8 Å². The molecule has 0 radical (unpaired) electrons. The molecule has 2 fully saturated rings. The molecule has 0 amide bonds. The number of hydrogen-bond donors (Lipinski definition) is 0. The van der Waals surface area contributed by atoms with Crippen LogP contribution >= 0.6 is 0 Å². The molecule has 1 aromatic carbocycles. The molecule has 4 heteroatoms. The van der Waals surface area contributed by atoms with Crippen LogP contribution in [0.2, 0.25) is 0 Å². The lowest BCUT2D eigenvalue weighted by atomic mass is 9.82. The molecule has 150 valence electrons. The van der Waals surface area contributed by atoms with Crippen LogP contribution in [0.4, 0.5) is 8.78 Å². The first-order chi connectivity index (χ1) is 13.1. The van der Waals surface area contributed by atoms with Crippen molar-refractivity contribution in [2.45, 2.75) is 58.3 Å². The average molecular weight is 379 g/mol. The minimum atomic E-state index is -0.940. The molecule has 1 aromatic rings. The summed E-state index contributed by atoms with van der Waals surface area (Å²) in [7, 11) is 0. The monoisotopic (exact) mass is 378 g/mol. The van der Waals surface area contributed by atoms with Crippen LogP contribution in [0, 0.1) is 35.3 Å². The molecule has 0 aromatic heterocycles. The standard InChI is InChI=1S/C23H32F2O2/c1-3-17-8-10-19(11-9-17)15-27-21-13-12-20(22(24)23(21)25)26-14-18-6-4-16(2)5-7-18/h3,12-13,16-19H,1,4-11,14-15H2,2H3. The highest BCUT2D eigenvalue weighted by Crippen LogP contribution is 2.33. The van der Waals surface area contributed by atoms with Gasteiger partial charge in [-0.15, -0.1) is 6.58 Å². The summed E-state index contributed by atoms with van der Waals surface area (Å²) in [6.45, 7) is 6.99. The van der Waals surface area contributed by atoms with Crippen LogP contribution in [0.3, 0.4) is 0 Å². The van der Waals surface area contributed by atoms with Gasteiger partial charge in [-0.2, -0.15) is 8.78 Å². The van der Waals surface area contributed by atoms with Crippen molar-refractivity contribution in [1.82, 2.24) is 0 Å². The lowest BCUT2D eigenvalue weighted by Crippen LogP contribution is -2.20. The highest BCUT2D eigenvalue weighted by molar-refractivity contribution is 5.35. The van der Waals surface area contributed by atoms with Gasteiger partial charge in [-0.3, -0.25) is 0 Å². The molecule has 3 rings (SSSR count). The zero-order valence-electron chi connectivity index (χ0n) is 16.4. The van der Waals surface area contributed by atoms with Crippen molar-refractivity contribution in [2.75, 3.05) is 13.2 Å². The van der Waals surface area contributed by atoms with E-state index in [1.54, 1.807) is 0 Å². The maximum absolute atomic E-state index is 14.4. The minimum Gasteiger partial charge on any atom is -0.490 e. The van der Waals surface area contributed by atoms with Gasteiger partial charge in [0.25, 0.3) is 0 Å². The molecule has 0 spiro atoms. The molecule has 0 atom stereocenters. The molecule has 0 heterocycles. The maximum Gasteiger partial charge on any atom is 0.204 e. The molecular formula is C23H32F2O2. The SMILES string of the molecule is C=CC1CCC(COc2ccc(OCC3CCC(C)CC3)c(F)c2F)CC1. The van der Waals surface area contributed by atoms with E-state index >= 15 is 0 Å². The van der Waals surface area contributed by atoms with Gasteiger partial charge >= 0.3 is 0 Å². The molecule has 0 unspecified atom stereocenters. The summed E-state index contributed by atoms with van der Waals surface area (Å²) in [5, 5.41) is 0. The minimum absolute atomic E-state index is 0.00929. The predicted octanol–water partition coefficient (Wildman–Crippen LogP) is 6.54. The second-order valence-electron chi connectivity index (χ2n) is 8.45. The highest BCUT2D eigenvalue weighted by Gasteiger charge is 2.23. The Hall–Kier alpha value is -1.58. The fraction of sp³-hybridized carbons (Fsp3) is 0.652. The van der Waals surface area contributed by atoms with Gasteiger partial charge in [-0.05, 0) is 74.3 Å². The Morgan fingerprint density at radius 2 is 1.30 bits per heavy atom. The van der Waals surface area contributed by atoms with Gasteiger partial charge in [0.05, 0.1) is 13.2 Å². The molecular weight excluding hydrogens is 346 g/mol. The van der Waals surface area contributed by atoms with Gasteiger partial charge in [0.2, 0.25) is 11.6 Å². The number of benzene rings is 1. The average Bonchev–Trinajstić information content (AvgIpc) is 2.70. The van der Waals surface area contributed by atoms with E-state index in [1.165, 1.54) is 25.0 Å². The molecule has 0 saturated heterocycles. The van der Waals surface area contributed by atoms with Crippen LogP contribution in [0.1, 0.15) is 58.3 Å². The van der Waals surface area contributed by atoms with Crippen molar-refractivity contribution >= 4 is 0 Å². The summed E-state index contributed by atoms with van der Waals surface area (Å²) in [4.78, 5) is 0. The van der Waals surface area contributed by atoms with Gasteiger partial charge in [-0.25, -0.2) is 0 Å². The third kappa shape index (κ3) is 5.46. The number of ether oxygens (including phenoxy) is 2. The van der Waals surface area contributed by atoms with Gasteiger partial charge < -0.3 is 9.47 Å². The summed E-state index contributed by atoms with van der Waals surface area (Å²) in [5.41, 5.74) is 0.